The van der Waals surface area contributed by atoms with E-state index in [4.69, 9.17) is 16.6 Å². The number of benzene rings is 1. The highest BCUT2D eigenvalue weighted by Gasteiger charge is 2.26. The molecule has 0 atom stereocenters. The van der Waals surface area contributed by atoms with Crippen molar-refractivity contribution < 1.29 is 0 Å². The van der Waals surface area contributed by atoms with Gasteiger partial charge in [0.05, 0.1) is 34.4 Å². The molecule has 1 aliphatic rings. The number of halogens is 1. The molecule has 0 amide bonds. The molecule has 0 aliphatic heterocycles. The summed E-state index contributed by atoms with van der Waals surface area (Å²) in [6, 6.07) is 8.09. The monoisotopic (exact) mass is 349 g/mol. The first-order valence-electron chi connectivity index (χ1n) is 8.31. The summed E-state index contributed by atoms with van der Waals surface area (Å²) in [4.78, 5) is 9.44. The first-order valence-corrected chi connectivity index (χ1v) is 8.69. The van der Waals surface area contributed by atoms with Crippen molar-refractivity contribution in [2.75, 3.05) is 0 Å². The molecular formula is C19H16ClN5. The topological polar surface area (TPSA) is 48.5 Å². The third-order valence-electron chi connectivity index (χ3n) is 4.64. The number of imidazole rings is 1. The zero-order chi connectivity index (χ0) is 17.0. The number of pyridine rings is 1. The summed E-state index contributed by atoms with van der Waals surface area (Å²) in [5.74, 6) is 0.559. The molecular weight excluding hydrogens is 334 g/mol. The lowest BCUT2D eigenvalue weighted by molar-refractivity contribution is 0.768. The van der Waals surface area contributed by atoms with Gasteiger partial charge in [-0.3, -0.25) is 9.67 Å². The molecule has 0 spiro atoms. The van der Waals surface area contributed by atoms with Crippen molar-refractivity contribution in [1.82, 2.24) is 24.3 Å². The molecule has 0 N–H and O–H groups in total. The van der Waals surface area contributed by atoms with E-state index in [1.54, 1.807) is 4.68 Å². The van der Waals surface area contributed by atoms with Crippen molar-refractivity contribution in [2.24, 2.45) is 7.05 Å². The minimum Gasteiger partial charge on any atom is -0.303 e. The van der Waals surface area contributed by atoms with Crippen LogP contribution in [0.15, 0.2) is 49.2 Å². The van der Waals surface area contributed by atoms with Crippen LogP contribution in [0.25, 0.3) is 27.8 Å². The van der Waals surface area contributed by atoms with Crippen LogP contribution in [0.2, 0.25) is 5.02 Å². The van der Waals surface area contributed by atoms with Gasteiger partial charge in [-0.15, -0.1) is 0 Å². The molecule has 0 bridgehead atoms. The van der Waals surface area contributed by atoms with Crippen LogP contribution in [-0.4, -0.2) is 24.3 Å². The Bertz CT molecular complexity index is 1090. The van der Waals surface area contributed by atoms with Gasteiger partial charge in [0.25, 0.3) is 0 Å². The fourth-order valence-corrected chi connectivity index (χ4v) is 3.43. The third kappa shape index (κ3) is 2.51. The van der Waals surface area contributed by atoms with Crippen LogP contribution < -0.4 is 0 Å². The first kappa shape index (κ1) is 14.7. The molecule has 3 heterocycles. The lowest BCUT2D eigenvalue weighted by Crippen LogP contribution is -1.96. The second-order valence-electron chi connectivity index (χ2n) is 6.55. The third-order valence-corrected chi connectivity index (χ3v) is 4.96. The van der Waals surface area contributed by atoms with E-state index in [9.17, 15) is 0 Å². The fourth-order valence-electron chi connectivity index (χ4n) is 3.16. The minimum atomic E-state index is 0.559. The molecule has 0 unspecified atom stereocenters. The number of aromatic nitrogens is 5. The van der Waals surface area contributed by atoms with Gasteiger partial charge in [-0.25, -0.2) is 4.98 Å². The average Bonchev–Trinajstić information content (AvgIpc) is 3.19. The maximum Gasteiger partial charge on any atom is 0.1000 e. The summed E-state index contributed by atoms with van der Waals surface area (Å²) >= 11 is 6.52. The minimum absolute atomic E-state index is 0.559. The summed E-state index contributed by atoms with van der Waals surface area (Å²) in [6.07, 6.45) is 9.99. The highest BCUT2D eigenvalue weighted by atomic mass is 35.5. The zero-order valence-corrected chi connectivity index (χ0v) is 14.5. The number of aryl methyl sites for hydroxylation is 1. The number of hydrogen-bond acceptors (Lipinski definition) is 3. The Morgan fingerprint density at radius 1 is 1.20 bits per heavy atom. The van der Waals surface area contributed by atoms with Gasteiger partial charge in [-0.05, 0) is 25.0 Å². The van der Waals surface area contributed by atoms with Crippen molar-refractivity contribution in [2.45, 2.75) is 18.8 Å². The number of rotatable bonds is 3. The summed E-state index contributed by atoms with van der Waals surface area (Å²) in [6.45, 7) is 0. The van der Waals surface area contributed by atoms with Crippen LogP contribution in [0.5, 0.6) is 0 Å². The van der Waals surface area contributed by atoms with Crippen molar-refractivity contribution in [3.63, 3.8) is 0 Å². The second-order valence-corrected chi connectivity index (χ2v) is 6.95. The second kappa shape index (κ2) is 5.43. The van der Waals surface area contributed by atoms with E-state index >= 15 is 0 Å². The quantitative estimate of drug-likeness (QED) is 0.552. The molecule has 0 saturated heterocycles. The standard InChI is InChI=1S/C19H16ClN5/c1-24-9-13(8-22-24)17-10-25(11-21-17)18-4-2-3-14-15(20)7-16(12-5-6-12)23-19(14)18/h2-4,7-12H,5-6H2,1H3. The lowest BCUT2D eigenvalue weighted by Gasteiger charge is -2.09. The molecule has 1 aromatic carbocycles. The summed E-state index contributed by atoms with van der Waals surface area (Å²) < 4.78 is 3.78. The molecule has 5 rings (SSSR count). The Hall–Kier alpha value is -2.66. The van der Waals surface area contributed by atoms with E-state index in [2.05, 4.69) is 16.1 Å². The van der Waals surface area contributed by atoms with E-state index in [0.717, 1.165) is 38.6 Å². The largest absolute Gasteiger partial charge is 0.303 e. The summed E-state index contributed by atoms with van der Waals surface area (Å²) in [5.41, 5.74) is 4.88. The first-order chi connectivity index (χ1) is 12.2. The van der Waals surface area contributed by atoms with Gasteiger partial charge in [0.2, 0.25) is 0 Å². The molecule has 4 aromatic rings. The Kier molecular flexibility index (Phi) is 3.18. The lowest BCUT2D eigenvalue weighted by atomic mass is 10.1. The molecule has 1 aliphatic carbocycles. The number of nitrogens with zero attached hydrogens (tertiary/aromatic N) is 5. The van der Waals surface area contributed by atoms with Crippen LogP contribution in [0.4, 0.5) is 0 Å². The van der Waals surface area contributed by atoms with Crippen LogP contribution in [0.3, 0.4) is 0 Å². The molecule has 1 saturated carbocycles. The molecule has 6 heteroatoms. The SMILES string of the molecule is Cn1cc(-c2cn(-c3cccc4c(Cl)cc(C5CC5)nc34)cn2)cn1. The van der Waals surface area contributed by atoms with Gasteiger partial charge in [-0.2, -0.15) is 5.10 Å². The van der Waals surface area contributed by atoms with Crippen molar-refractivity contribution >= 4 is 22.5 Å². The summed E-state index contributed by atoms with van der Waals surface area (Å²) in [7, 11) is 1.90. The molecule has 3 aromatic heterocycles. The van der Waals surface area contributed by atoms with Crippen LogP contribution in [-0.2, 0) is 7.05 Å². The highest BCUT2D eigenvalue weighted by Crippen LogP contribution is 2.41. The maximum atomic E-state index is 6.52. The Labute approximate surface area is 149 Å². The predicted octanol–water partition coefficient (Wildman–Crippen LogP) is 4.35. The van der Waals surface area contributed by atoms with Gasteiger partial charge in [0.1, 0.15) is 0 Å². The van der Waals surface area contributed by atoms with E-state index in [0.29, 0.717) is 5.92 Å². The maximum absolute atomic E-state index is 6.52. The van der Waals surface area contributed by atoms with Gasteiger partial charge in [0.15, 0.2) is 0 Å². The summed E-state index contributed by atoms with van der Waals surface area (Å²) in [5, 5.41) is 5.95. The molecule has 1 fully saturated rings. The van der Waals surface area contributed by atoms with Gasteiger partial charge in [0, 0.05) is 42.0 Å². The Balaban J connectivity index is 1.66. The molecule has 0 radical (unpaired) electrons. The van der Waals surface area contributed by atoms with Crippen LogP contribution >= 0.6 is 11.6 Å². The Morgan fingerprint density at radius 2 is 2.08 bits per heavy atom. The number of hydrogen-bond donors (Lipinski definition) is 0. The van der Waals surface area contributed by atoms with Gasteiger partial charge < -0.3 is 4.57 Å². The van der Waals surface area contributed by atoms with Crippen molar-refractivity contribution in [1.29, 1.82) is 0 Å². The smallest absolute Gasteiger partial charge is 0.1000 e. The molecule has 25 heavy (non-hydrogen) atoms. The highest BCUT2D eigenvalue weighted by molar-refractivity contribution is 6.35. The van der Waals surface area contributed by atoms with Gasteiger partial charge >= 0.3 is 0 Å². The normalized spacial score (nSPS) is 14.3. The zero-order valence-electron chi connectivity index (χ0n) is 13.7. The number of fused-ring (bicyclic) bond motifs is 1. The van der Waals surface area contributed by atoms with Crippen LogP contribution in [0.1, 0.15) is 24.5 Å². The van der Waals surface area contributed by atoms with E-state index in [1.807, 2.05) is 54.7 Å². The van der Waals surface area contributed by atoms with Gasteiger partial charge in [-0.1, -0.05) is 23.7 Å². The van der Waals surface area contributed by atoms with Crippen molar-refractivity contribution in [3.05, 3.63) is 59.9 Å². The van der Waals surface area contributed by atoms with E-state index < -0.39 is 0 Å². The fraction of sp³-hybridized carbons (Fsp3) is 0.211. The predicted molar refractivity (Wildman–Crippen MR) is 98.1 cm³/mol. The average molecular weight is 350 g/mol. The Morgan fingerprint density at radius 3 is 2.84 bits per heavy atom. The molecule has 124 valence electrons. The molecule has 5 nitrogen and oxygen atoms in total. The van der Waals surface area contributed by atoms with Crippen LogP contribution in [0, 0.1) is 0 Å². The van der Waals surface area contributed by atoms with E-state index in [-0.39, 0.29) is 0 Å². The van der Waals surface area contributed by atoms with Crippen molar-refractivity contribution in [3.8, 4) is 16.9 Å². The van der Waals surface area contributed by atoms with E-state index in [1.165, 1.54) is 12.8 Å². The number of para-hydroxylation sites is 1.